The van der Waals surface area contributed by atoms with E-state index in [2.05, 4.69) is 15.5 Å². The molecule has 1 aliphatic rings. The van der Waals surface area contributed by atoms with E-state index in [1.165, 1.54) is 0 Å². The fraction of sp³-hybridized carbons (Fsp3) is 0.261. The van der Waals surface area contributed by atoms with Crippen LogP contribution in [0.1, 0.15) is 43.3 Å². The Kier molecular flexibility index (Phi) is 5.59. The van der Waals surface area contributed by atoms with E-state index in [4.69, 9.17) is 16.1 Å². The Morgan fingerprint density at radius 3 is 2.63 bits per heavy atom. The van der Waals surface area contributed by atoms with E-state index in [0.717, 1.165) is 34.4 Å². The third-order valence-corrected chi connectivity index (χ3v) is 5.43. The van der Waals surface area contributed by atoms with E-state index < -0.39 is 0 Å². The number of carbonyl (C=O) groups is 1. The second-order valence-corrected chi connectivity index (χ2v) is 7.81. The average molecular weight is 423 g/mol. The van der Waals surface area contributed by atoms with Gasteiger partial charge < -0.3 is 9.84 Å². The van der Waals surface area contributed by atoms with Gasteiger partial charge in [-0.3, -0.25) is 4.90 Å². The average Bonchev–Trinajstić information content (AvgIpc) is 3.21. The summed E-state index contributed by atoms with van der Waals surface area (Å²) in [4.78, 5) is 19.1. The molecule has 7 heteroatoms. The number of halogens is 1. The van der Waals surface area contributed by atoms with Gasteiger partial charge in [0, 0.05) is 22.8 Å². The van der Waals surface area contributed by atoms with Crippen molar-refractivity contribution >= 4 is 23.2 Å². The molecule has 0 spiro atoms. The molecule has 0 radical (unpaired) electrons. The number of aromatic nitrogens is 2. The first-order chi connectivity index (χ1) is 14.5. The zero-order valence-corrected chi connectivity index (χ0v) is 17.9. The Bertz CT molecular complexity index is 1100. The zero-order chi connectivity index (χ0) is 21.3. The van der Waals surface area contributed by atoms with Crippen molar-refractivity contribution in [2.75, 3.05) is 6.54 Å². The first kappa shape index (κ1) is 20.2. The normalized spacial score (nSPS) is 16.7. The van der Waals surface area contributed by atoms with Gasteiger partial charge in [-0.1, -0.05) is 65.6 Å². The predicted octanol–water partition coefficient (Wildman–Crippen LogP) is 5.61. The molecule has 3 aromatic rings. The van der Waals surface area contributed by atoms with Gasteiger partial charge in [-0.05, 0) is 38.0 Å². The lowest BCUT2D eigenvalue weighted by molar-refractivity contribution is 0.205. The molecule has 0 saturated carbocycles. The molecule has 0 fully saturated rings. The molecular weight excluding hydrogens is 400 g/mol. The molecule has 30 heavy (non-hydrogen) atoms. The molecule has 0 aliphatic carbocycles. The molecule has 6 nitrogen and oxygen atoms in total. The highest BCUT2D eigenvalue weighted by Crippen LogP contribution is 2.37. The summed E-state index contributed by atoms with van der Waals surface area (Å²) < 4.78 is 5.67. The highest BCUT2D eigenvalue weighted by atomic mass is 35.5. The third kappa shape index (κ3) is 3.83. The van der Waals surface area contributed by atoms with Crippen LogP contribution in [-0.2, 0) is 0 Å². The van der Waals surface area contributed by atoms with Crippen molar-refractivity contribution in [3.05, 3.63) is 76.3 Å². The number of hydrogen-bond acceptors (Lipinski definition) is 4. The van der Waals surface area contributed by atoms with E-state index in [1.807, 2.05) is 57.2 Å². The van der Waals surface area contributed by atoms with E-state index >= 15 is 0 Å². The van der Waals surface area contributed by atoms with E-state index in [9.17, 15) is 4.79 Å². The SMILES string of the molecule is CCCN1C(=O)NC(c2ccc(C)cc2)C(c2nc(-c3cccc(Cl)c3)no2)=C1C. The van der Waals surface area contributed by atoms with Crippen LogP contribution < -0.4 is 5.32 Å². The fourth-order valence-electron chi connectivity index (χ4n) is 3.64. The van der Waals surface area contributed by atoms with Crippen LogP contribution in [0.5, 0.6) is 0 Å². The number of benzene rings is 2. The molecule has 0 saturated heterocycles. The topological polar surface area (TPSA) is 71.3 Å². The maximum atomic E-state index is 12.8. The van der Waals surface area contributed by atoms with Gasteiger partial charge in [0.05, 0.1) is 11.6 Å². The molecule has 0 bridgehead atoms. The van der Waals surface area contributed by atoms with Gasteiger partial charge in [0.25, 0.3) is 5.89 Å². The predicted molar refractivity (Wildman–Crippen MR) is 117 cm³/mol. The molecule has 4 rings (SSSR count). The molecule has 1 aromatic heterocycles. The summed E-state index contributed by atoms with van der Waals surface area (Å²) in [5.41, 5.74) is 4.49. The Labute approximate surface area is 180 Å². The van der Waals surface area contributed by atoms with Crippen LogP contribution in [0.4, 0.5) is 4.79 Å². The van der Waals surface area contributed by atoms with Gasteiger partial charge in [-0.15, -0.1) is 0 Å². The third-order valence-electron chi connectivity index (χ3n) is 5.19. The van der Waals surface area contributed by atoms with Crippen molar-refractivity contribution in [1.29, 1.82) is 0 Å². The highest BCUT2D eigenvalue weighted by Gasteiger charge is 2.35. The summed E-state index contributed by atoms with van der Waals surface area (Å²) >= 11 is 6.11. The number of allylic oxidation sites excluding steroid dienone is 1. The largest absolute Gasteiger partial charge is 0.334 e. The monoisotopic (exact) mass is 422 g/mol. The molecule has 1 aliphatic heterocycles. The summed E-state index contributed by atoms with van der Waals surface area (Å²) in [6.07, 6.45) is 0.838. The highest BCUT2D eigenvalue weighted by molar-refractivity contribution is 6.30. The second-order valence-electron chi connectivity index (χ2n) is 7.38. The maximum absolute atomic E-state index is 12.8. The minimum atomic E-state index is -0.376. The Hall–Kier alpha value is -3.12. The van der Waals surface area contributed by atoms with Gasteiger partial charge in [-0.2, -0.15) is 4.98 Å². The smallest absolute Gasteiger partial charge is 0.322 e. The first-order valence-corrected chi connectivity index (χ1v) is 10.3. The standard InChI is InChI=1S/C23H23ClN4O2/c1-4-12-28-15(3)19(20(25-23(28)29)16-10-8-14(2)9-11-16)22-26-21(27-30-22)17-6-5-7-18(24)13-17/h5-11,13,20H,4,12H2,1-3H3,(H,25,29). The fourth-order valence-corrected chi connectivity index (χ4v) is 3.83. The number of aryl methyl sites for hydroxylation is 1. The lowest BCUT2D eigenvalue weighted by Crippen LogP contribution is -2.46. The van der Waals surface area contributed by atoms with Gasteiger partial charge in [0.2, 0.25) is 5.82 Å². The molecule has 2 heterocycles. The minimum absolute atomic E-state index is 0.127. The first-order valence-electron chi connectivity index (χ1n) is 9.93. The Balaban J connectivity index is 1.81. The van der Waals surface area contributed by atoms with Gasteiger partial charge >= 0.3 is 6.03 Å². The number of nitrogens with zero attached hydrogens (tertiary/aromatic N) is 3. The molecule has 2 aromatic carbocycles. The van der Waals surface area contributed by atoms with Crippen molar-refractivity contribution in [2.24, 2.45) is 0 Å². The minimum Gasteiger partial charge on any atom is -0.334 e. The summed E-state index contributed by atoms with van der Waals surface area (Å²) in [5.74, 6) is 0.837. The van der Waals surface area contributed by atoms with Crippen LogP contribution in [0.15, 0.2) is 58.8 Å². The number of nitrogens with one attached hydrogen (secondary N) is 1. The molecule has 1 atom stereocenters. The Morgan fingerprint density at radius 1 is 1.17 bits per heavy atom. The summed E-state index contributed by atoms with van der Waals surface area (Å²) in [6.45, 7) is 6.60. The lowest BCUT2D eigenvalue weighted by Gasteiger charge is -2.35. The van der Waals surface area contributed by atoms with E-state index in [1.54, 1.807) is 17.0 Å². The number of carbonyl (C=O) groups excluding carboxylic acids is 1. The summed E-state index contributed by atoms with van der Waals surface area (Å²) in [7, 11) is 0. The molecular formula is C23H23ClN4O2. The van der Waals surface area contributed by atoms with Gasteiger partial charge in [0.15, 0.2) is 0 Å². The van der Waals surface area contributed by atoms with Gasteiger partial charge in [-0.25, -0.2) is 4.79 Å². The number of amides is 2. The molecule has 1 unspecified atom stereocenters. The molecule has 2 amide bonds. The summed E-state index contributed by atoms with van der Waals surface area (Å²) in [5, 5.41) is 7.87. The van der Waals surface area contributed by atoms with E-state index in [0.29, 0.717) is 23.3 Å². The number of rotatable bonds is 5. The Morgan fingerprint density at radius 2 is 1.93 bits per heavy atom. The van der Waals surface area contributed by atoms with Crippen molar-refractivity contribution in [3.8, 4) is 11.4 Å². The number of urea groups is 1. The molecule has 154 valence electrons. The van der Waals surface area contributed by atoms with Crippen molar-refractivity contribution < 1.29 is 9.32 Å². The second kappa shape index (κ2) is 8.32. The van der Waals surface area contributed by atoms with Crippen molar-refractivity contribution in [1.82, 2.24) is 20.4 Å². The number of hydrogen-bond donors (Lipinski definition) is 1. The van der Waals surface area contributed by atoms with Crippen molar-refractivity contribution in [2.45, 2.75) is 33.2 Å². The van der Waals surface area contributed by atoms with Crippen LogP contribution in [0.2, 0.25) is 5.02 Å². The van der Waals surface area contributed by atoms with Crippen molar-refractivity contribution in [3.63, 3.8) is 0 Å². The quantitative estimate of drug-likeness (QED) is 0.580. The molecule has 1 N–H and O–H groups in total. The maximum Gasteiger partial charge on any atom is 0.322 e. The van der Waals surface area contributed by atoms with Crippen LogP contribution in [-0.4, -0.2) is 27.6 Å². The van der Waals surface area contributed by atoms with Gasteiger partial charge in [0.1, 0.15) is 0 Å². The van der Waals surface area contributed by atoms with Crippen LogP contribution in [0, 0.1) is 6.92 Å². The zero-order valence-electron chi connectivity index (χ0n) is 17.1. The van der Waals surface area contributed by atoms with E-state index in [-0.39, 0.29) is 12.1 Å². The van der Waals surface area contributed by atoms with Crippen LogP contribution in [0.3, 0.4) is 0 Å². The lowest BCUT2D eigenvalue weighted by atomic mass is 9.94. The summed E-state index contributed by atoms with van der Waals surface area (Å²) in [6, 6.07) is 14.9. The van der Waals surface area contributed by atoms with Crippen LogP contribution >= 0.6 is 11.6 Å². The van der Waals surface area contributed by atoms with Crippen LogP contribution in [0.25, 0.3) is 17.0 Å².